The van der Waals surface area contributed by atoms with E-state index in [1.54, 1.807) is 16.8 Å². The maximum Gasteiger partial charge on any atom is 0.259 e. The first-order chi connectivity index (χ1) is 16.3. The van der Waals surface area contributed by atoms with Crippen molar-refractivity contribution >= 4 is 21.6 Å². The van der Waals surface area contributed by atoms with Gasteiger partial charge in [-0.05, 0) is 69.5 Å². The van der Waals surface area contributed by atoms with Crippen LogP contribution < -0.4 is 10.1 Å². The van der Waals surface area contributed by atoms with E-state index in [-0.39, 0.29) is 16.6 Å². The van der Waals surface area contributed by atoms with E-state index in [0.717, 1.165) is 30.5 Å². The topological polar surface area (TPSA) is 93.5 Å². The van der Waals surface area contributed by atoms with Gasteiger partial charge in [0.25, 0.3) is 5.91 Å². The predicted molar refractivity (Wildman–Crippen MR) is 131 cm³/mol. The molecule has 1 N–H and O–H groups in total. The number of sulfonamides is 1. The van der Waals surface area contributed by atoms with Crippen LogP contribution in [0.15, 0.2) is 53.6 Å². The lowest BCUT2D eigenvalue weighted by atomic mass is 10.2. The molecule has 1 saturated heterocycles. The average molecular weight is 483 g/mol. The first kappa shape index (κ1) is 24.0. The summed E-state index contributed by atoms with van der Waals surface area (Å²) in [4.78, 5) is 13.1. The lowest BCUT2D eigenvalue weighted by Gasteiger charge is -2.27. The van der Waals surface area contributed by atoms with E-state index < -0.39 is 10.0 Å². The fourth-order valence-corrected chi connectivity index (χ4v) is 5.83. The van der Waals surface area contributed by atoms with Gasteiger partial charge in [-0.3, -0.25) is 4.79 Å². The molecule has 0 unspecified atom stereocenters. The normalized spacial score (nSPS) is 14.7. The Hall–Kier alpha value is -3.17. The molecule has 1 aliphatic rings. The van der Waals surface area contributed by atoms with Crippen LogP contribution in [0.1, 0.15) is 47.8 Å². The number of benzene rings is 2. The summed E-state index contributed by atoms with van der Waals surface area (Å²) in [5, 5.41) is 7.21. The average Bonchev–Trinajstić information content (AvgIpc) is 3.22. The highest BCUT2D eigenvalue weighted by Crippen LogP contribution is 2.31. The molecule has 1 fully saturated rings. The molecule has 34 heavy (non-hydrogen) atoms. The summed E-state index contributed by atoms with van der Waals surface area (Å²) in [6.07, 6.45) is 4.22. The minimum absolute atomic E-state index is 0.0706. The minimum atomic E-state index is -3.74. The lowest BCUT2D eigenvalue weighted by Crippen LogP contribution is -2.35. The third-order valence-corrected chi connectivity index (χ3v) is 7.85. The molecule has 1 amide bonds. The van der Waals surface area contributed by atoms with Gasteiger partial charge in [-0.25, -0.2) is 13.1 Å². The van der Waals surface area contributed by atoms with Crippen molar-refractivity contribution in [2.45, 2.75) is 44.9 Å². The third-order valence-electron chi connectivity index (χ3n) is 5.93. The summed E-state index contributed by atoms with van der Waals surface area (Å²) in [5.41, 5.74) is 3.44. The molecule has 3 aromatic rings. The number of nitrogens with zero attached hydrogens (tertiary/aromatic N) is 3. The molecule has 0 saturated carbocycles. The number of nitrogens with one attached hydrogen (secondary N) is 1. The first-order valence-electron chi connectivity index (χ1n) is 11.5. The maximum atomic E-state index is 13.4. The molecular weight excluding hydrogens is 452 g/mol. The van der Waals surface area contributed by atoms with E-state index in [1.165, 1.54) is 16.6 Å². The van der Waals surface area contributed by atoms with Crippen LogP contribution in [0.25, 0.3) is 5.69 Å². The number of ether oxygens (including phenoxy) is 1. The highest BCUT2D eigenvalue weighted by Gasteiger charge is 2.29. The number of hydrogen-bond donors (Lipinski definition) is 1. The Balaban J connectivity index is 1.62. The summed E-state index contributed by atoms with van der Waals surface area (Å²) >= 11 is 0. The van der Waals surface area contributed by atoms with Crippen molar-refractivity contribution in [3.05, 3.63) is 65.5 Å². The number of rotatable bonds is 7. The Bertz CT molecular complexity index is 1290. The molecule has 1 aliphatic heterocycles. The highest BCUT2D eigenvalue weighted by atomic mass is 32.2. The molecule has 0 aliphatic carbocycles. The zero-order valence-corrected chi connectivity index (χ0v) is 20.6. The smallest absolute Gasteiger partial charge is 0.259 e. The van der Waals surface area contributed by atoms with Gasteiger partial charge < -0.3 is 10.1 Å². The predicted octanol–water partition coefficient (Wildman–Crippen LogP) is 4.31. The Kier molecular flexibility index (Phi) is 7.04. The molecule has 180 valence electrons. The number of anilines is 1. The van der Waals surface area contributed by atoms with Gasteiger partial charge in [0.05, 0.1) is 29.7 Å². The fourth-order valence-electron chi connectivity index (χ4n) is 4.16. The Labute approximate surface area is 200 Å². The number of carbonyl (C=O) groups is 1. The maximum absolute atomic E-state index is 13.4. The van der Waals surface area contributed by atoms with Crippen molar-refractivity contribution in [1.82, 2.24) is 14.1 Å². The van der Waals surface area contributed by atoms with Crippen LogP contribution in [0, 0.1) is 13.8 Å². The van der Waals surface area contributed by atoms with Gasteiger partial charge >= 0.3 is 0 Å². The zero-order chi connectivity index (χ0) is 24.3. The second kappa shape index (κ2) is 9.99. The molecule has 0 atom stereocenters. The number of piperidine rings is 1. The largest absolute Gasteiger partial charge is 0.492 e. The second-order valence-corrected chi connectivity index (χ2v) is 10.3. The molecule has 4 rings (SSSR count). The second-order valence-electron chi connectivity index (χ2n) is 8.41. The zero-order valence-electron chi connectivity index (χ0n) is 19.7. The van der Waals surface area contributed by atoms with Gasteiger partial charge in [0.2, 0.25) is 10.0 Å². The lowest BCUT2D eigenvalue weighted by molar-refractivity contribution is 0.102. The van der Waals surface area contributed by atoms with Gasteiger partial charge in [0.15, 0.2) is 0 Å². The van der Waals surface area contributed by atoms with E-state index in [0.29, 0.717) is 36.6 Å². The van der Waals surface area contributed by atoms with Gasteiger partial charge in [-0.1, -0.05) is 18.6 Å². The van der Waals surface area contributed by atoms with Crippen LogP contribution in [0.3, 0.4) is 0 Å². The summed E-state index contributed by atoms with van der Waals surface area (Å²) in [6.45, 7) is 6.95. The van der Waals surface area contributed by atoms with Crippen LogP contribution in [0.5, 0.6) is 5.75 Å². The molecule has 2 aromatic carbocycles. The molecule has 8 nitrogen and oxygen atoms in total. The van der Waals surface area contributed by atoms with Crippen LogP contribution >= 0.6 is 0 Å². The fraction of sp³-hybridized carbons (Fsp3) is 0.360. The molecule has 0 radical (unpaired) electrons. The summed E-state index contributed by atoms with van der Waals surface area (Å²) in [5.74, 6) is -0.0728. The van der Waals surface area contributed by atoms with Crippen LogP contribution in [-0.4, -0.2) is 48.1 Å². The first-order valence-corrected chi connectivity index (χ1v) is 13.0. The van der Waals surface area contributed by atoms with E-state index in [4.69, 9.17) is 4.74 Å². The van der Waals surface area contributed by atoms with Gasteiger partial charge in [-0.15, -0.1) is 0 Å². The van der Waals surface area contributed by atoms with Crippen molar-refractivity contribution in [2.24, 2.45) is 0 Å². The number of aromatic nitrogens is 2. The van der Waals surface area contributed by atoms with Gasteiger partial charge in [-0.2, -0.15) is 9.40 Å². The van der Waals surface area contributed by atoms with Crippen molar-refractivity contribution in [2.75, 3.05) is 25.0 Å². The van der Waals surface area contributed by atoms with Crippen molar-refractivity contribution < 1.29 is 17.9 Å². The van der Waals surface area contributed by atoms with E-state index >= 15 is 0 Å². The van der Waals surface area contributed by atoms with Crippen LogP contribution in [0.4, 0.5) is 5.69 Å². The summed E-state index contributed by atoms with van der Waals surface area (Å²) < 4.78 is 35.5. The van der Waals surface area contributed by atoms with Gasteiger partial charge in [0, 0.05) is 18.8 Å². The van der Waals surface area contributed by atoms with Crippen molar-refractivity contribution in [3.8, 4) is 11.4 Å². The summed E-state index contributed by atoms with van der Waals surface area (Å²) in [7, 11) is -3.74. The van der Waals surface area contributed by atoms with Crippen molar-refractivity contribution in [1.29, 1.82) is 0 Å². The Morgan fingerprint density at radius 1 is 1.09 bits per heavy atom. The van der Waals surface area contributed by atoms with Crippen molar-refractivity contribution in [3.63, 3.8) is 0 Å². The molecule has 0 spiro atoms. The SMILES string of the molecule is CCOc1ccc(NC(=O)c2cnn(-c3cccc(C)c3)c2C)cc1S(=O)(=O)N1CCCCC1. The van der Waals surface area contributed by atoms with E-state index in [9.17, 15) is 13.2 Å². The molecule has 9 heteroatoms. The molecule has 1 aromatic heterocycles. The monoisotopic (exact) mass is 482 g/mol. The quantitative estimate of drug-likeness (QED) is 0.542. The highest BCUT2D eigenvalue weighted by molar-refractivity contribution is 7.89. The number of hydrogen-bond acceptors (Lipinski definition) is 5. The number of aryl methyl sites for hydroxylation is 1. The van der Waals surface area contributed by atoms with E-state index in [1.807, 2.05) is 45.0 Å². The standard InChI is InChI=1S/C25H30N4O4S/c1-4-33-23-12-11-20(16-24(23)34(31,32)28-13-6-5-7-14-28)27-25(30)22-17-26-29(19(22)3)21-10-8-9-18(2)15-21/h8-12,15-17H,4-7,13-14H2,1-3H3,(H,27,30). The molecular formula is C25H30N4O4S. The minimum Gasteiger partial charge on any atom is -0.492 e. The van der Waals surface area contributed by atoms with Crippen LogP contribution in [-0.2, 0) is 10.0 Å². The van der Waals surface area contributed by atoms with Gasteiger partial charge in [0.1, 0.15) is 10.6 Å². The number of amides is 1. The third kappa shape index (κ3) is 4.85. The van der Waals surface area contributed by atoms with E-state index in [2.05, 4.69) is 10.4 Å². The molecule has 0 bridgehead atoms. The molecule has 2 heterocycles. The number of carbonyl (C=O) groups excluding carboxylic acids is 1. The van der Waals surface area contributed by atoms with Crippen LogP contribution in [0.2, 0.25) is 0 Å². The Morgan fingerprint density at radius 2 is 1.85 bits per heavy atom. The summed E-state index contributed by atoms with van der Waals surface area (Å²) in [6, 6.07) is 12.6. The Morgan fingerprint density at radius 3 is 2.56 bits per heavy atom.